The molecule has 0 aliphatic heterocycles. The molecule has 0 aliphatic rings. The van der Waals surface area contributed by atoms with Crippen LogP contribution in [0, 0.1) is 5.82 Å². The average Bonchev–Trinajstić information content (AvgIpc) is 3.34. The maximum Gasteiger partial charge on any atom is 0.277 e. The first kappa shape index (κ1) is 18.4. The van der Waals surface area contributed by atoms with E-state index < -0.39 is 5.91 Å². The molecule has 29 heavy (non-hydrogen) atoms. The fraction of sp³-hybridized carbons (Fsp3) is 0.100. The van der Waals surface area contributed by atoms with Crippen molar-refractivity contribution in [3.63, 3.8) is 0 Å². The molecule has 0 saturated heterocycles. The number of pyridine rings is 1. The van der Waals surface area contributed by atoms with Crippen LogP contribution >= 0.6 is 0 Å². The van der Waals surface area contributed by atoms with E-state index in [9.17, 15) is 14.0 Å². The van der Waals surface area contributed by atoms with Gasteiger partial charge < -0.3 is 14.4 Å². The molecule has 0 unspecified atom stereocenters. The number of benzene rings is 1. The second-order valence-corrected chi connectivity index (χ2v) is 6.42. The lowest BCUT2D eigenvalue weighted by Crippen LogP contribution is -2.16. The van der Waals surface area contributed by atoms with E-state index in [4.69, 9.17) is 4.52 Å². The SMILES string of the molecule is Cn1cccc(-c2cc(C(=O)Nc3cnn(Cc4cccc(F)c4)c3)no2)c1=O. The first-order valence-corrected chi connectivity index (χ1v) is 8.70. The molecule has 9 heteroatoms. The van der Waals surface area contributed by atoms with Crippen molar-refractivity contribution in [2.45, 2.75) is 6.54 Å². The number of halogens is 1. The average molecular weight is 393 g/mol. The van der Waals surface area contributed by atoms with Gasteiger partial charge in [-0.05, 0) is 29.8 Å². The normalized spacial score (nSPS) is 10.8. The van der Waals surface area contributed by atoms with Gasteiger partial charge in [-0.1, -0.05) is 17.3 Å². The van der Waals surface area contributed by atoms with Crippen LogP contribution in [0.15, 0.2) is 70.4 Å². The predicted octanol–water partition coefficient (Wildman–Crippen LogP) is 2.68. The molecular formula is C20H16FN5O3. The van der Waals surface area contributed by atoms with Crippen molar-refractivity contribution in [2.24, 2.45) is 7.05 Å². The Bertz CT molecular complexity index is 1240. The summed E-state index contributed by atoms with van der Waals surface area (Å²) in [6.07, 6.45) is 4.72. The largest absolute Gasteiger partial charge is 0.355 e. The van der Waals surface area contributed by atoms with Crippen LogP contribution in [0.2, 0.25) is 0 Å². The summed E-state index contributed by atoms with van der Waals surface area (Å²) in [5.74, 6) is -0.616. The minimum atomic E-state index is -0.502. The topological polar surface area (TPSA) is 95.0 Å². The van der Waals surface area contributed by atoms with E-state index in [-0.39, 0.29) is 22.8 Å². The molecule has 1 aromatic carbocycles. The second-order valence-electron chi connectivity index (χ2n) is 6.42. The summed E-state index contributed by atoms with van der Waals surface area (Å²) in [6, 6.07) is 10.9. The number of nitrogens with zero attached hydrogens (tertiary/aromatic N) is 4. The van der Waals surface area contributed by atoms with Crippen molar-refractivity contribution in [2.75, 3.05) is 5.32 Å². The van der Waals surface area contributed by atoms with E-state index in [1.165, 1.54) is 29.0 Å². The van der Waals surface area contributed by atoms with Gasteiger partial charge in [0.2, 0.25) is 0 Å². The third kappa shape index (κ3) is 3.98. The molecule has 146 valence electrons. The molecule has 0 aliphatic carbocycles. The van der Waals surface area contributed by atoms with E-state index >= 15 is 0 Å². The lowest BCUT2D eigenvalue weighted by atomic mass is 10.2. The Morgan fingerprint density at radius 1 is 1.24 bits per heavy atom. The van der Waals surface area contributed by atoms with Gasteiger partial charge in [0.15, 0.2) is 11.5 Å². The Morgan fingerprint density at radius 2 is 2.10 bits per heavy atom. The molecule has 1 N–H and O–H groups in total. The minimum absolute atomic E-state index is 0.0313. The molecule has 0 fully saturated rings. The lowest BCUT2D eigenvalue weighted by Gasteiger charge is -2.02. The Kier molecular flexibility index (Phi) is 4.78. The van der Waals surface area contributed by atoms with Crippen molar-refractivity contribution >= 4 is 11.6 Å². The quantitative estimate of drug-likeness (QED) is 0.563. The first-order chi connectivity index (χ1) is 14.0. The predicted molar refractivity (Wildman–Crippen MR) is 103 cm³/mol. The summed E-state index contributed by atoms with van der Waals surface area (Å²) in [5, 5.41) is 10.6. The van der Waals surface area contributed by atoms with E-state index in [0.717, 1.165) is 5.56 Å². The molecule has 0 saturated carbocycles. The number of carbonyl (C=O) groups is 1. The highest BCUT2D eigenvalue weighted by atomic mass is 19.1. The van der Waals surface area contributed by atoms with E-state index in [1.807, 2.05) is 0 Å². The van der Waals surface area contributed by atoms with Crippen LogP contribution < -0.4 is 10.9 Å². The van der Waals surface area contributed by atoms with Crippen molar-refractivity contribution in [1.82, 2.24) is 19.5 Å². The van der Waals surface area contributed by atoms with E-state index in [2.05, 4.69) is 15.6 Å². The van der Waals surface area contributed by atoms with Gasteiger partial charge >= 0.3 is 0 Å². The van der Waals surface area contributed by atoms with Crippen LogP contribution in [-0.4, -0.2) is 25.4 Å². The number of anilines is 1. The highest BCUT2D eigenvalue weighted by Gasteiger charge is 2.16. The van der Waals surface area contributed by atoms with Gasteiger partial charge in [0, 0.05) is 25.5 Å². The number of amides is 1. The number of nitrogens with one attached hydrogen (secondary N) is 1. The maximum atomic E-state index is 13.3. The smallest absolute Gasteiger partial charge is 0.277 e. The van der Waals surface area contributed by atoms with Gasteiger partial charge in [0.05, 0.1) is 24.0 Å². The third-order valence-electron chi connectivity index (χ3n) is 4.26. The Balaban J connectivity index is 1.46. The van der Waals surface area contributed by atoms with Crippen LogP contribution in [0.1, 0.15) is 16.1 Å². The summed E-state index contributed by atoms with van der Waals surface area (Å²) in [7, 11) is 1.62. The summed E-state index contributed by atoms with van der Waals surface area (Å²) < 4.78 is 21.4. The van der Waals surface area contributed by atoms with Crippen molar-refractivity contribution in [1.29, 1.82) is 0 Å². The zero-order valence-corrected chi connectivity index (χ0v) is 15.4. The molecule has 8 nitrogen and oxygen atoms in total. The van der Waals surface area contributed by atoms with Gasteiger partial charge in [-0.2, -0.15) is 5.10 Å². The number of rotatable bonds is 5. The van der Waals surface area contributed by atoms with Gasteiger partial charge in [-0.3, -0.25) is 14.3 Å². The van der Waals surface area contributed by atoms with Gasteiger partial charge in [-0.25, -0.2) is 4.39 Å². The zero-order chi connectivity index (χ0) is 20.4. The number of carbonyl (C=O) groups excluding carboxylic acids is 1. The van der Waals surface area contributed by atoms with Crippen molar-refractivity contribution in [3.05, 3.63) is 88.5 Å². The number of hydrogen-bond acceptors (Lipinski definition) is 5. The summed E-state index contributed by atoms with van der Waals surface area (Å²) in [6.45, 7) is 0.360. The molecule has 4 aromatic rings. The molecule has 0 atom stereocenters. The monoisotopic (exact) mass is 393 g/mol. The van der Waals surface area contributed by atoms with Crippen molar-refractivity contribution in [3.8, 4) is 11.3 Å². The number of aryl methyl sites for hydroxylation is 1. The van der Waals surface area contributed by atoms with Crippen molar-refractivity contribution < 1.29 is 13.7 Å². The van der Waals surface area contributed by atoms with Crippen LogP contribution in [0.5, 0.6) is 0 Å². The molecule has 4 rings (SSSR count). The fourth-order valence-corrected chi connectivity index (χ4v) is 2.83. The van der Waals surface area contributed by atoms with E-state index in [0.29, 0.717) is 17.8 Å². The van der Waals surface area contributed by atoms with Crippen LogP contribution in [-0.2, 0) is 13.6 Å². The molecular weight excluding hydrogens is 377 g/mol. The van der Waals surface area contributed by atoms with Gasteiger partial charge in [0.25, 0.3) is 11.5 Å². The molecule has 0 radical (unpaired) electrons. The molecule has 3 heterocycles. The highest BCUT2D eigenvalue weighted by molar-refractivity contribution is 6.03. The molecule has 0 bridgehead atoms. The maximum absolute atomic E-state index is 13.3. The second kappa shape index (κ2) is 7.55. The van der Waals surface area contributed by atoms with Crippen LogP contribution in [0.3, 0.4) is 0 Å². The Morgan fingerprint density at radius 3 is 2.93 bits per heavy atom. The number of aromatic nitrogens is 4. The lowest BCUT2D eigenvalue weighted by molar-refractivity contribution is 0.101. The third-order valence-corrected chi connectivity index (χ3v) is 4.26. The fourth-order valence-electron chi connectivity index (χ4n) is 2.83. The Hall–Kier alpha value is -4.01. The van der Waals surface area contributed by atoms with Gasteiger partial charge in [0.1, 0.15) is 5.82 Å². The van der Waals surface area contributed by atoms with Gasteiger partial charge in [-0.15, -0.1) is 0 Å². The summed E-state index contributed by atoms with van der Waals surface area (Å²) >= 11 is 0. The summed E-state index contributed by atoms with van der Waals surface area (Å²) in [4.78, 5) is 24.6. The standard InChI is InChI=1S/C20H16FN5O3/c1-25-7-3-6-16(20(25)28)18-9-17(24-29-18)19(27)23-15-10-22-26(12-15)11-13-4-2-5-14(21)8-13/h2-10,12H,11H2,1H3,(H,23,27). The zero-order valence-electron chi connectivity index (χ0n) is 15.4. The summed E-state index contributed by atoms with van der Waals surface area (Å²) in [5.41, 5.74) is 1.28. The highest BCUT2D eigenvalue weighted by Crippen LogP contribution is 2.17. The van der Waals surface area contributed by atoms with Crippen LogP contribution in [0.25, 0.3) is 11.3 Å². The number of hydrogen-bond donors (Lipinski definition) is 1. The first-order valence-electron chi connectivity index (χ1n) is 8.70. The van der Waals surface area contributed by atoms with E-state index in [1.54, 1.807) is 48.4 Å². The molecule has 1 amide bonds. The van der Waals surface area contributed by atoms with Crippen LogP contribution in [0.4, 0.5) is 10.1 Å². The molecule has 3 aromatic heterocycles. The minimum Gasteiger partial charge on any atom is -0.355 e. The molecule has 0 spiro atoms. The Labute approximate surface area is 164 Å².